The molecule has 0 bridgehead atoms. The third-order valence-electron chi connectivity index (χ3n) is 5.71. The first-order valence-corrected chi connectivity index (χ1v) is 10.4. The fourth-order valence-corrected chi connectivity index (χ4v) is 3.80. The second-order valence-corrected chi connectivity index (χ2v) is 8.13. The van der Waals surface area contributed by atoms with E-state index in [0.29, 0.717) is 11.6 Å². The molecule has 0 unspecified atom stereocenters. The number of nitrogens with zero attached hydrogens (tertiary/aromatic N) is 2. The predicted molar refractivity (Wildman–Crippen MR) is 121 cm³/mol. The summed E-state index contributed by atoms with van der Waals surface area (Å²) in [6, 6.07) is 10.0. The molecule has 0 aliphatic carbocycles. The minimum atomic E-state index is -0.521. The zero-order valence-electron chi connectivity index (χ0n) is 18.1. The summed E-state index contributed by atoms with van der Waals surface area (Å²) in [6.45, 7) is 7.33. The molecule has 1 heterocycles. The van der Waals surface area contributed by atoms with Crippen LogP contribution >= 0.6 is 0 Å². The van der Waals surface area contributed by atoms with Crippen molar-refractivity contribution < 1.29 is 14.5 Å². The van der Waals surface area contributed by atoms with Gasteiger partial charge in [0.05, 0.1) is 22.7 Å². The van der Waals surface area contributed by atoms with Crippen LogP contribution in [0.25, 0.3) is 0 Å². The highest BCUT2D eigenvalue weighted by atomic mass is 16.6. The highest BCUT2D eigenvalue weighted by Crippen LogP contribution is 2.29. The molecule has 0 saturated carbocycles. The van der Waals surface area contributed by atoms with E-state index in [1.165, 1.54) is 12.1 Å². The lowest BCUT2D eigenvalue weighted by atomic mass is 9.98. The van der Waals surface area contributed by atoms with Crippen molar-refractivity contribution in [3.8, 4) is 0 Å². The molecule has 3 rings (SSSR count). The molecule has 0 radical (unpaired) electrons. The summed E-state index contributed by atoms with van der Waals surface area (Å²) in [6.07, 6.45) is 1.99. The van der Waals surface area contributed by atoms with Crippen molar-refractivity contribution in [3.63, 3.8) is 0 Å². The molecule has 2 amide bonds. The van der Waals surface area contributed by atoms with Crippen LogP contribution < -0.4 is 15.5 Å². The number of para-hydroxylation sites is 1. The maximum atomic E-state index is 12.9. The molecule has 8 heteroatoms. The number of non-ortho nitro benzene ring substituents is 1. The number of hydrogen-bond acceptors (Lipinski definition) is 5. The van der Waals surface area contributed by atoms with Gasteiger partial charge in [0.15, 0.2) is 0 Å². The molecule has 31 heavy (non-hydrogen) atoms. The van der Waals surface area contributed by atoms with Crippen molar-refractivity contribution in [1.29, 1.82) is 0 Å². The maximum absolute atomic E-state index is 12.9. The molecule has 2 aromatic rings. The van der Waals surface area contributed by atoms with Crippen LogP contribution in [0.15, 0.2) is 36.4 Å². The number of anilines is 2. The van der Waals surface area contributed by atoms with E-state index in [9.17, 15) is 19.7 Å². The predicted octanol–water partition coefficient (Wildman–Crippen LogP) is 3.82. The van der Waals surface area contributed by atoms with E-state index in [1.807, 2.05) is 32.0 Å². The number of piperidine rings is 1. The van der Waals surface area contributed by atoms with Gasteiger partial charge in [0.2, 0.25) is 5.91 Å². The summed E-state index contributed by atoms with van der Waals surface area (Å²) >= 11 is 0. The highest BCUT2D eigenvalue weighted by Gasteiger charge is 2.24. The number of carbonyl (C=O) groups excluding carboxylic acids is 2. The van der Waals surface area contributed by atoms with Gasteiger partial charge in [0, 0.05) is 30.9 Å². The van der Waals surface area contributed by atoms with Crippen LogP contribution in [0, 0.1) is 29.9 Å². The van der Waals surface area contributed by atoms with Crippen molar-refractivity contribution >= 4 is 28.9 Å². The first-order valence-electron chi connectivity index (χ1n) is 10.4. The number of hydrogen-bond donors (Lipinski definition) is 2. The van der Waals surface area contributed by atoms with E-state index in [4.69, 9.17) is 0 Å². The van der Waals surface area contributed by atoms with Crippen molar-refractivity contribution in [2.45, 2.75) is 33.6 Å². The lowest BCUT2D eigenvalue weighted by molar-refractivity contribution is -0.384. The van der Waals surface area contributed by atoms with Crippen molar-refractivity contribution in [3.05, 3.63) is 63.2 Å². The van der Waals surface area contributed by atoms with Gasteiger partial charge < -0.3 is 15.5 Å². The topological polar surface area (TPSA) is 105 Å². The van der Waals surface area contributed by atoms with Crippen molar-refractivity contribution in [1.82, 2.24) is 5.32 Å². The number of rotatable bonds is 6. The second kappa shape index (κ2) is 9.59. The van der Waals surface area contributed by atoms with Crippen LogP contribution in [0.4, 0.5) is 17.1 Å². The zero-order valence-corrected chi connectivity index (χ0v) is 18.1. The summed E-state index contributed by atoms with van der Waals surface area (Å²) in [5.41, 5.74) is 3.30. The van der Waals surface area contributed by atoms with Crippen LogP contribution in [0.3, 0.4) is 0 Å². The lowest BCUT2D eigenvalue weighted by Crippen LogP contribution is -2.37. The minimum absolute atomic E-state index is 0.153. The Balaban J connectivity index is 1.74. The summed E-state index contributed by atoms with van der Waals surface area (Å²) in [5.74, 6) is -0.251. The zero-order chi connectivity index (χ0) is 22.5. The molecular weight excluding hydrogens is 396 g/mol. The van der Waals surface area contributed by atoms with Crippen LogP contribution in [-0.2, 0) is 4.79 Å². The Morgan fingerprint density at radius 3 is 2.39 bits per heavy atom. The lowest BCUT2D eigenvalue weighted by Gasteiger charge is -2.33. The normalized spacial score (nSPS) is 14.2. The standard InChI is InChI=1S/C23H28N4O4/c1-15-9-11-26(12-10-15)20-8-7-18(27(30)31)13-19(20)23(29)24-14-21(28)25-22-16(2)5-4-6-17(22)3/h4-8,13,15H,9-12,14H2,1-3H3,(H,24,29)(H,25,28). The Morgan fingerprint density at radius 1 is 1.13 bits per heavy atom. The third-order valence-corrected chi connectivity index (χ3v) is 5.71. The first kappa shape index (κ1) is 22.3. The number of aryl methyl sites for hydroxylation is 2. The number of nitro benzene ring substituents is 1. The monoisotopic (exact) mass is 424 g/mol. The van der Waals surface area contributed by atoms with Gasteiger partial charge in [-0.25, -0.2) is 0 Å². The SMILES string of the molecule is Cc1cccc(C)c1NC(=O)CNC(=O)c1cc([N+](=O)[O-])ccc1N1CCC(C)CC1. The molecule has 0 spiro atoms. The molecule has 1 fully saturated rings. The van der Waals surface area contributed by atoms with E-state index in [1.54, 1.807) is 6.07 Å². The molecule has 2 aromatic carbocycles. The van der Waals surface area contributed by atoms with Gasteiger partial charge in [-0.1, -0.05) is 25.1 Å². The Hall–Kier alpha value is -3.42. The van der Waals surface area contributed by atoms with Crippen LogP contribution in [0.2, 0.25) is 0 Å². The van der Waals surface area contributed by atoms with E-state index < -0.39 is 10.8 Å². The third kappa shape index (κ3) is 5.39. The summed E-state index contributed by atoms with van der Waals surface area (Å²) in [5, 5.41) is 16.7. The molecule has 1 aliphatic heterocycles. The maximum Gasteiger partial charge on any atom is 0.270 e. The smallest absolute Gasteiger partial charge is 0.270 e. The van der Waals surface area contributed by atoms with Gasteiger partial charge in [-0.15, -0.1) is 0 Å². The van der Waals surface area contributed by atoms with Crippen molar-refractivity contribution in [2.75, 3.05) is 29.9 Å². The van der Waals surface area contributed by atoms with Gasteiger partial charge in [0.1, 0.15) is 0 Å². The Bertz CT molecular complexity index is 977. The van der Waals surface area contributed by atoms with Gasteiger partial charge >= 0.3 is 0 Å². The van der Waals surface area contributed by atoms with Crippen LogP contribution in [-0.4, -0.2) is 36.4 Å². The molecule has 0 atom stereocenters. The fourth-order valence-electron chi connectivity index (χ4n) is 3.80. The average molecular weight is 425 g/mol. The molecule has 2 N–H and O–H groups in total. The van der Waals surface area contributed by atoms with Crippen LogP contribution in [0.5, 0.6) is 0 Å². The number of nitrogens with one attached hydrogen (secondary N) is 2. The van der Waals surface area contributed by atoms with Crippen molar-refractivity contribution in [2.24, 2.45) is 5.92 Å². The second-order valence-electron chi connectivity index (χ2n) is 8.13. The minimum Gasteiger partial charge on any atom is -0.371 e. The van der Waals surface area contributed by atoms with E-state index in [-0.39, 0.29) is 23.7 Å². The average Bonchev–Trinajstić information content (AvgIpc) is 2.75. The first-order chi connectivity index (χ1) is 14.8. The Morgan fingerprint density at radius 2 is 1.77 bits per heavy atom. The molecule has 0 aromatic heterocycles. The Labute approximate surface area is 181 Å². The Kier molecular flexibility index (Phi) is 6.89. The largest absolute Gasteiger partial charge is 0.371 e. The number of amides is 2. The molecule has 8 nitrogen and oxygen atoms in total. The van der Waals surface area contributed by atoms with Gasteiger partial charge in [-0.05, 0) is 49.8 Å². The van der Waals surface area contributed by atoms with Gasteiger partial charge in [-0.2, -0.15) is 0 Å². The van der Waals surface area contributed by atoms with Gasteiger partial charge in [-0.3, -0.25) is 19.7 Å². The van der Waals surface area contributed by atoms with Gasteiger partial charge in [0.25, 0.3) is 11.6 Å². The molecule has 1 saturated heterocycles. The molecule has 1 aliphatic rings. The number of nitro groups is 1. The summed E-state index contributed by atoms with van der Waals surface area (Å²) in [4.78, 5) is 38.1. The quantitative estimate of drug-likeness (QED) is 0.542. The molecular formula is C23H28N4O4. The van der Waals surface area contributed by atoms with E-state index >= 15 is 0 Å². The number of benzene rings is 2. The fraction of sp³-hybridized carbons (Fsp3) is 0.391. The van der Waals surface area contributed by atoms with Crippen LogP contribution in [0.1, 0.15) is 41.3 Å². The summed E-state index contributed by atoms with van der Waals surface area (Å²) in [7, 11) is 0. The number of carbonyl (C=O) groups is 2. The van der Waals surface area contributed by atoms with E-state index in [2.05, 4.69) is 22.5 Å². The molecule has 164 valence electrons. The van der Waals surface area contributed by atoms with E-state index in [0.717, 1.165) is 42.7 Å². The highest BCUT2D eigenvalue weighted by molar-refractivity contribution is 6.03. The summed E-state index contributed by atoms with van der Waals surface area (Å²) < 4.78 is 0.